The number of benzene rings is 2. The fraction of sp³-hybridized carbons (Fsp3) is 0.227. The summed E-state index contributed by atoms with van der Waals surface area (Å²) in [5.41, 5.74) is 2.76. The van der Waals surface area contributed by atoms with Crippen LogP contribution in [0.1, 0.15) is 12.8 Å². The third-order valence-electron chi connectivity index (χ3n) is 5.06. The van der Waals surface area contributed by atoms with Crippen molar-refractivity contribution in [3.63, 3.8) is 0 Å². The fourth-order valence-electron chi connectivity index (χ4n) is 3.50. The van der Waals surface area contributed by atoms with Crippen LogP contribution in [-0.4, -0.2) is 35.6 Å². The monoisotopic (exact) mass is 373 g/mol. The van der Waals surface area contributed by atoms with Crippen molar-refractivity contribution in [2.75, 3.05) is 24.8 Å². The zero-order valence-electron chi connectivity index (χ0n) is 15.3. The maximum atomic E-state index is 11.6. The molecule has 0 aliphatic carbocycles. The van der Waals surface area contributed by atoms with E-state index in [1.165, 1.54) is 0 Å². The number of hydrogen-bond donors (Lipinski definition) is 0. The molecule has 1 fully saturated rings. The molecule has 0 amide bonds. The van der Waals surface area contributed by atoms with Crippen LogP contribution in [0.2, 0.25) is 0 Å². The zero-order valence-corrected chi connectivity index (χ0v) is 15.3. The summed E-state index contributed by atoms with van der Waals surface area (Å²) in [6.07, 6.45) is 1.12. The maximum Gasteiger partial charge on any atom is 0.231 e. The molecule has 6 nitrogen and oxygen atoms in total. The number of carbonyl (C=O) groups is 1. The highest BCUT2D eigenvalue weighted by molar-refractivity contribution is 5.81. The topological polar surface area (TPSA) is 64.6 Å². The number of ketones is 1. The summed E-state index contributed by atoms with van der Waals surface area (Å²) in [5, 5.41) is 0. The lowest BCUT2D eigenvalue weighted by Gasteiger charge is -2.27. The van der Waals surface area contributed by atoms with Crippen molar-refractivity contribution in [3.05, 3.63) is 54.6 Å². The van der Waals surface area contributed by atoms with Crippen LogP contribution < -0.4 is 14.4 Å². The third kappa shape index (κ3) is 3.17. The van der Waals surface area contributed by atoms with Gasteiger partial charge in [0.25, 0.3) is 0 Å². The first-order valence-electron chi connectivity index (χ1n) is 9.37. The van der Waals surface area contributed by atoms with Crippen LogP contribution in [0.15, 0.2) is 54.6 Å². The minimum atomic E-state index is 0.233. The minimum absolute atomic E-state index is 0.233. The lowest BCUT2D eigenvalue weighted by atomic mass is 10.1. The van der Waals surface area contributed by atoms with E-state index in [-0.39, 0.29) is 6.79 Å². The van der Waals surface area contributed by atoms with Crippen molar-refractivity contribution in [2.24, 2.45) is 0 Å². The number of piperidine rings is 1. The molecule has 0 unspecified atom stereocenters. The van der Waals surface area contributed by atoms with E-state index in [2.05, 4.69) is 4.90 Å². The molecule has 0 atom stereocenters. The molecule has 2 aliphatic heterocycles. The summed E-state index contributed by atoms with van der Waals surface area (Å²) in [7, 11) is 0. The van der Waals surface area contributed by atoms with Gasteiger partial charge in [0.05, 0.1) is 5.69 Å². The molecule has 0 N–H and O–H groups in total. The molecule has 1 aromatic heterocycles. The van der Waals surface area contributed by atoms with E-state index in [9.17, 15) is 4.79 Å². The van der Waals surface area contributed by atoms with Gasteiger partial charge < -0.3 is 14.4 Å². The molecule has 3 heterocycles. The number of rotatable bonds is 3. The van der Waals surface area contributed by atoms with E-state index in [0.717, 1.165) is 28.4 Å². The molecule has 28 heavy (non-hydrogen) atoms. The van der Waals surface area contributed by atoms with Crippen molar-refractivity contribution >= 4 is 11.6 Å². The Kier molecular flexibility index (Phi) is 4.16. The molecule has 0 bridgehead atoms. The number of carbonyl (C=O) groups excluding carboxylic acids is 1. The summed E-state index contributed by atoms with van der Waals surface area (Å²) in [4.78, 5) is 23.4. The number of ether oxygens (including phenoxy) is 2. The fourth-order valence-corrected chi connectivity index (χ4v) is 3.50. The number of nitrogens with zero attached hydrogens (tertiary/aromatic N) is 3. The Bertz CT molecular complexity index is 1030. The maximum absolute atomic E-state index is 11.6. The number of hydrogen-bond acceptors (Lipinski definition) is 6. The lowest BCUT2D eigenvalue weighted by Crippen LogP contribution is -2.34. The van der Waals surface area contributed by atoms with Gasteiger partial charge in [-0.25, -0.2) is 9.97 Å². The molecular weight excluding hydrogens is 354 g/mol. The second-order valence-electron chi connectivity index (χ2n) is 6.89. The third-order valence-corrected chi connectivity index (χ3v) is 5.06. The van der Waals surface area contributed by atoms with E-state index in [4.69, 9.17) is 19.4 Å². The van der Waals surface area contributed by atoms with E-state index in [0.29, 0.717) is 43.3 Å². The van der Waals surface area contributed by atoms with Crippen molar-refractivity contribution in [3.8, 4) is 34.1 Å². The Morgan fingerprint density at radius 1 is 0.821 bits per heavy atom. The van der Waals surface area contributed by atoms with E-state index in [1.54, 1.807) is 0 Å². The Labute approximate surface area is 162 Å². The van der Waals surface area contributed by atoms with Crippen LogP contribution >= 0.6 is 0 Å². The quantitative estimate of drug-likeness (QED) is 0.697. The highest BCUT2D eigenvalue weighted by atomic mass is 16.7. The first-order valence-corrected chi connectivity index (χ1v) is 9.37. The van der Waals surface area contributed by atoms with Crippen molar-refractivity contribution < 1.29 is 14.3 Å². The summed E-state index contributed by atoms with van der Waals surface area (Å²) in [6.45, 7) is 1.60. The number of fused-ring (bicyclic) bond motifs is 1. The number of aromatic nitrogens is 2. The van der Waals surface area contributed by atoms with Gasteiger partial charge in [-0.2, -0.15) is 0 Å². The van der Waals surface area contributed by atoms with E-state index >= 15 is 0 Å². The van der Waals surface area contributed by atoms with Crippen LogP contribution in [0.4, 0.5) is 5.82 Å². The standard InChI is InChI=1S/C22H19N3O3/c26-17-8-10-25(11-9-17)21-13-18(15-4-2-1-3-5-15)23-22(24-21)16-6-7-19-20(12-16)28-14-27-19/h1-7,12-13H,8-11,14H2. The second-order valence-corrected chi connectivity index (χ2v) is 6.89. The molecule has 0 radical (unpaired) electrons. The van der Waals surface area contributed by atoms with Crippen LogP contribution in [0, 0.1) is 0 Å². The Balaban J connectivity index is 1.59. The molecule has 5 rings (SSSR count). The molecule has 2 aromatic carbocycles. The van der Waals surface area contributed by atoms with Gasteiger partial charge in [-0.1, -0.05) is 30.3 Å². The smallest absolute Gasteiger partial charge is 0.231 e. The van der Waals surface area contributed by atoms with E-state index in [1.807, 2.05) is 54.6 Å². The Hall–Kier alpha value is -3.41. The van der Waals surface area contributed by atoms with Gasteiger partial charge in [-0.05, 0) is 18.2 Å². The predicted octanol–water partition coefficient (Wildman–Crippen LogP) is 3.71. The average Bonchev–Trinajstić information content (AvgIpc) is 3.22. The molecule has 0 spiro atoms. The van der Waals surface area contributed by atoms with Gasteiger partial charge in [0.2, 0.25) is 6.79 Å². The summed E-state index contributed by atoms with van der Waals surface area (Å²) in [5.74, 6) is 3.22. The van der Waals surface area contributed by atoms with Gasteiger partial charge in [-0.3, -0.25) is 4.79 Å². The molecular formula is C22H19N3O3. The van der Waals surface area contributed by atoms with Crippen LogP contribution in [0.5, 0.6) is 11.5 Å². The highest BCUT2D eigenvalue weighted by Gasteiger charge is 2.21. The Morgan fingerprint density at radius 3 is 2.43 bits per heavy atom. The Morgan fingerprint density at radius 2 is 1.61 bits per heavy atom. The van der Waals surface area contributed by atoms with Gasteiger partial charge in [0.15, 0.2) is 17.3 Å². The molecule has 6 heteroatoms. The molecule has 2 aliphatic rings. The van der Waals surface area contributed by atoms with Gasteiger partial charge in [0.1, 0.15) is 11.6 Å². The normalized spacial score (nSPS) is 15.7. The van der Waals surface area contributed by atoms with Gasteiger partial charge >= 0.3 is 0 Å². The second kappa shape index (κ2) is 6.96. The van der Waals surface area contributed by atoms with Crippen LogP contribution in [0.25, 0.3) is 22.6 Å². The summed E-state index contributed by atoms with van der Waals surface area (Å²) in [6, 6.07) is 17.8. The molecule has 1 saturated heterocycles. The largest absolute Gasteiger partial charge is 0.454 e. The van der Waals surface area contributed by atoms with Crippen LogP contribution in [0.3, 0.4) is 0 Å². The molecule has 0 saturated carbocycles. The minimum Gasteiger partial charge on any atom is -0.454 e. The van der Waals surface area contributed by atoms with Gasteiger partial charge in [-0.15, -0.1) is 0 Å². The van der Waals surface area contributed by atoms with Gasteiger partial charge in [0, 0.05) is 43.1 Å². The number of anilines is 1. The zero-order chi connectivity index (χ0) is 18.9. The van der Waals surface area contributed by atoms with Crippen molar-refractivity contribution in [1.29, 1.82) is 0 Å². The first-order chi connectivity index (χ1) is 13.8. The summed E-state index contributed by atoms with van der Waals surface area (Å²) >= 11 is 0. The molecule has 3 aromatic rings. The van der Waals surface area contributed by atoms with Crippen molar-refractivity contribution in [1.82, 2.24) is 9.97 Å². The van der Waals surface area contributed by atoms with Crippen LogP contribution in [-0.2, 0) is 4.79 Å². The van der Waals surface area contributed by atoms with E-state index < -0.39 is 0 Å². The highest BCUT2D eigenvalue weighted by Crippen LogP contribution is 2.36. The SMILES string of the molecule is O=C1CCN(c2cc(-c3ccccc3)nc(-c3ccc4c(c3)OCO4)n2)CC1. The first kappa shape index (κ1) is 16.7. The molecule has 140 valence electrons. The van der Waals surface area contributed by atoms with Crippen molar-refractivity contribution in [2.45, 2.75) is 12.8 Å². The summed E-state index contributed by atoms with van der Waals surface area (Å²) < 4.78 is 10.9. The number of Topliss-reactive ketones (excluding diaryl/α,β-unsaturated/α-hetero) is 1. The lowest BCUT2D eigenvalue weighted by molar-refractivity contribution is -0.119. The predicted molar refractivity (Wildman–Crippen MR) is 105 cm³/mol. The average molecular weight is 373 g/mol.